The van der Waals surface area contributed by atoms with E-state index in [9.17, 15) is 18.4 Å². The van der Waals surface area contributed by atoms with Gasteiger partial charge < -0.3 is 4.55 Å². The summed E-state index contributed by atoms with van der Waals surface area (Å²) in [7, 11) is 0. The third-order valence-electron chi connectivity index (χ3n) is 1.76. The first-order valence-electron chi connectivity index (χ1n) is 3.79. The summed E-state index contributed by atoms with van der Waals surface area (Å²) in [5.41, 5.74) is -1.30. The molecule has 7 nitrogen and oxygen atoms in total. The maximum absolute atomic E-state index is 11.3. The molecule has 1 unspecified atom stereocenters. The molecule has 2 aromatic heterocycles. The van der Waals surface area contributed by atoms with E-state index in [1.54, 1.807) is 0 Å². The second-order valence-electron chi connectivity index (χ2n) is 2.71. The van der Waals surface area contributed by atoms with Gasteiger partial charge in [-0.2, -0.15) is 0 Å². The van der Waals surface area contributed by atoms with Gasteiger partial charge >= 0.3 is 35.2 Å². The summed E-state index contributed by atoms with van der Waals surface area (Å²) in [5.74, 6) is 0. The molecule has 0 amide bonds. The zero-order valence-corrected chi connectivity index (χ0v) is 11.0. The number of nitrogens with zero attached hydrogens (tertiary/aromatic N) is 1. The molecule has 0 aliphatic heterocycles. The number of hydrogen-bond donors (Lipinski definition) is 2. The van der Waals surface area contributed by atoms with Crippen LogP contribution in [0.4, 0.5) is 0 Å². The quantitative estimate of drug-likeness (QED) is 0.393. The van der Waals surface area contributed by atoms with Crippen LogP contribution in [-0.2, 0) is 11.1 Å². The molecule has 16 heavy (non-hydrogen) atoms. The molecule has 2 heterocycles. The maximum atomic E-state index is 11.3. The van der Waals surface area contributed by atoms with Gasteiger partial charge in [-0.15, -0.1) is 0 Å². The van der Waals surface area contributed by atoms with Crippen LogP contribution >= 0.6 is 0 Å². The molecule has 0 aromatic carbocycles. The van der Waals surface area contributed by atoms with Crippen molar-refractivity contribution in [3.05, 3.63) is 33.1 Å². The predicted octanol–water partition coefficient (Wildman–Crippen LogP) is -4.15. The number of rotatable bonds is 1. The molecule has 2 aromatic rings. The first-order chi connectivity index (χ1) is 7.08. The molecule has 2 N–H and O–H groups in total. The van der Waals surface area contributed by atoms with Gasteiger partial charge in [0.25, 0.3) is 5.56 Å². The van der Waals surface area contributed by atoms with E-state index in [0.29, 0.717) is 0 Å². The van der Waals surface area contributed by atoms with E-state index in [0.717, 1.165) is 12.3 Å². The zero-order valence-electron chi connectivity index (χ0n) is 8.14. The molecular formula is C7H4N3NaO4S. The van der Waals surface area contributed by atoms with Crippen LogP contribution in [0, 0.1) is 0 Å². The summed E-state index contributed by atoms with van der Waals surface area (Å²) in [6, 6.07) is 1.14. The Bertz CT molecular complexity index is 664. The summed E-state index contributed by atoms with van der Waals surface area (Å²) in [6.07, 6.45) is 1.06. The van der Waals surface area contributed by atoms with Gasteiger partial charge in [-0.3, -0.25) is 19.0 Å². The van der Waals surface area contributed by atoms with Crippen molar-refractivity contribution in [2.75, 3.05) is 0 Å². The Kier molecular flexibility index (Phi) is 4.16. The van der Waals surface area contributed by atoms with Crippen LogP contribution in [0.3, 0.4) is 0 Å². The van der Waals surface area contributed by atoms with Gasteiger partial charge in [0.15, 0.2) is 0 Å². The van der Waals surface area contributed by atoms with Crippen LogP contribution < -0.4 is 40.8 Å². The van der Waals surface area contributed by atoms with Crippen molar-refractivity contribution < 1.29 is 38.3 Å². The van der Waals surface area contributed by atoms with Crippen molar-refractivity contribution in [2.45, 2.75) is 4.90 Å². The Morgan fingerprint density at radius 3 is 2.62 bits per heavy atom. The van der Waals surface area contributed by atoms with E-state index in [-0.39, 0.29) is 45.5 Å². The van der Waals surface area contributed by atoms with Crippen molar-refractivity contribution in [1.82, 2.24) is 15.0 Å². The van der Waals surface area contributed by atoms with Crippen LogP contribution in [-0.4, -0.2) is 23.7 Å². The van der Waals surface area contributed by atoms with Gasteiger partial charge in [-0.05, 0) is 17.1 Å². The fourth-order valence-electron chi connectivity index (χ4n) is 1.12. The predicted molar refractivity (Wildman–Crippen MR) is 50.2 cm³/mol. The first-order valence-corrected chi connectivity index (χ1v) is 4.87. The zero-order chi connectivity index (χ0) is 11.0. The Balaban J connectivity index is 0.00000128. The number of pyridine rings is 1. The van der Waals surface area contributed by atoms with E-state index < -0.39 is 22.3 Å². The van der Waals surface area contributed by atoms with Crippen LogP contribution in [0.15, 0.2) is 26.7 Å². The van der Waals surface area contributed by atoms with Crippen LogP contribution in [0.5, 0.6) is 0 Å². The minimum atomic E-state index is -2.46. The van der Waals surface area contributed by atoms with Gasteiger partial charge in [0, 0.05) is 11.1 Å². The largest absolute Gasteiger partial charge is 1.00 e. The third-order valence-corrected chi connectivity index (χ3v) is 2.37. The van der Waals surface area contributed by atoms with Crippen LogP contribution in [0.2, 0.25) is 0 Å². The molecule has 1 atom stereocenters. The molecule has 0 fully saturated rings. The topological polar surface area (TPSA) is 119 Å². The SMILES string of the molecule is O=c1[nH]c(=O)c2cc(S(=O)[O-])cnc2[nH]1.[Na+]. The average molecular weight is 249 g/mol. The molecule has 0 radical (unpaired) electrons. The molecular weight excluding hydrogens is 245 g/mol. The summed E-state index contributed by atoms with van der Waals surface area (Å²) >= 11 is -2.46. The molecule has 0 aliphatic carbocycles. The molecule has 0 saturated carbocycles. The van der Waals surface area contributed by atoms with E-state index in [1.807, 2.05) is 4.98 Å². The number of aromatic nitrogens is 3. The number of aromatic amines is 2. The van der Waals surface area contributed by atoms with Crippen LogP contribution in [0.25, 0.3) is 11.0 Å². The molecule has 0 bridgehead atoms. The van der Waals surface area contributed by atoms with Gasteiger partial charge in [0.1, 0.15) is 5.65 Å². The maximum Gasteiger partial charge on any atom is 1.00 e. The summed E-state index contributed by atoms with van der Waals surface area (Å²) in [5, 5.41) is 0.0244. The average Bonchev–Trinajstić information content (AvgIpc) is 2.16. The Labute approximate surface area is 113 Å². The monoisotopic (exact) mass is 249 g/mol. The van der Waals surface area contributed by atoms with Gasteiger partial charge in [0.2, 0.25) is 0 Å². The molecule has 0 spiro atoms. The van der Waals surface area contributed by atoms with Crippen molar-refractivity contribution in [1.29, 1.82) is 0 Å². The van der Waals surface area contributed by atoms with E-state index >= 15 is 0 Å². The number of hydrogen-bond acceptors (Lipinski definition) is 5. The molecule has 9 heteroatoms. The van der Waals surface area contributed by atoms with Crippen molar-refractivity contribution >= 4 is 22.1 Å². The fraction of sp³-hybridized carbons (Fsp3) is 0. The number of H-pyrrole nitrogens is 2. The second kappa shape index (κ2) is 5.02. The summed E-state index contributed by atoms with van der Waals surface area (Å²) in [4.78, 5) is 29.9. The normalized spacial score (nSPS) is 12.1. The van der Waals surface area contributed by atoms with Gasteiger partial charge in [-0.1, -0.05) is 0 Å². The van der Waals surface area contributed by atoms with Crippen molar-refractivity contribution in [3.63, 3.8) is 0 Å². The van der Waals surface area contributed by atoms with Crippen molar-refractivity contribution in [2.24, 2.45) is 0 Å². The second-order valence-corrected chi connectivity index (χ2v) is 3.65. The Hall–Kier alpha value is -0.800. The Morgan fingerprint density at radius 2 is 2.00 bits per heavy atom. The van der Waals surface area contributed by atoms with Crippen LogP contribution in [0.1, 0.15) is 0 Å². The molecule has 78 valence electrons. The third kappa shape index (κ3) is 2.47. The fourth-order valence-corrected chi connectivity index (χ4v) is 1.47. The standard InChI is InChI=1S/C7H5N3O4S.Na/c11-6-4-1-3(15(13)14)2-8-5(4)9-7(12)10-6;/h1-2H,(H,13,14)(H2,8,9,10,11,12);/q;+1/p-1. The Morgan fingerprint density at radius 1 is 1.31 bits per heavy atom. The molecule has 0 aliphatic rings. The van der Waals surface area contributed by atoms with Crippen molar-refractivity contribution in [3.8, 4) is 0 Å². The number of fused-ring (bicyclic) bond motifs is 1. The minimum Gasteiger partial charge on any atom is -0.768 e. The van der Waals surface area contributed by atoms with Gasteiger partial charge in [-0.25, -0.2) is 9.78 Å². The first kappa shape index (κ1) is 13.3. The summed E-state index contributed by atoms with van der Waals surface area (Å²) < 4.78 is 21.2. The molecule has 2 rings (SSSR count). The van der Waals surface area contributed by atoms with E-state index in [4.69, 9.17) is 0 Å². The van der Waals surface area contributed by atoms with E-state index in [2.05, 4.69) is 9.97 Å². The minimum absolute atomic E-state index is 0. The molecule has 0 saturated heterocycles. The number of nitrogens with one attached hydrogen (secondary N) is 2. The summed E-state index contributed by atoms with van der Waals surface area (Å²) in [6.45, 7) is 0. The van der Waals surface area contributed by atoms with E-state index in [1.165, 1.54) is 0 Å². The van der Waals surface area contributed by atoms with Gasteiger partial charge in [0.05, 0.1) is 5.39 Å². The smallest absolute Gasteiger partial charge is 0.768 e.